The van der Waals surface area contributed by atoms with Gasteiger partial charge in [0.2, 0.25) is 0 Å². The lowest BCUT2D eigenvalue weighted by molar-refractivity contribution is -0.126. The molecule has 104 valence electrons. The Hall–Kier alpha value is -2.15. The Morgan fingerprint density at radius 3 is 2.68 bits per heavy atom. The Morgan fingerprint density at radius 1 is 1.47 bits per heavy atom. The maximum absolute atomic E-state index is 13.7. The fourth-order valence-corrected chi connectivity index (χ4v) is 1.42. The highest BCUT2D eigenvalue weighted by atomic mass is 19.1. The number of nitrogens with two attached hydrogens (primary N) is 1. The summed E-state index contributed by atoms with van der Waals surface area (Å²) in [6.45, 7) is 1.91. The first-order valence-electron chi connectivity index (χ1n) is 5.64. The van der Waals surface area contributed by atoms with E-state index in [9.17, 15) is 14.0 Å². The average molecular weight is 269 g/mol. The third-order valence-corrected chi connectivity index (χ3v) is 2.30. The second kappa shape index (κ2) is 6.69. The van der Waals surface area contributed by atoms with Crippen molar-refractivity contribution in [2.75, 3.05) is 7.05 Å². The molecule has 0 aromatic heterocycles. The monoisotopic (exact) mass is 269 g/mol. The normalized spacial score (nSPS) is 11.7. The number of benzene rings is 1. The van der Waals surface area contributed by atoms with Crippen LogP contribution in [-0.4, -0.2) is 25.1 Å². The van der Waals surface area contributed by atoms with Gasteiger partial charge in [-0.05, 0) is 31.7 Å². The molecule has 0 aliphatic rings. The Bertz CT molecular complexity index is 479. The van der Waals surface area contributed by atoms with Crippen LogP contribution in [0.25, 0.3) is 0 Å². The molecule has 4 N–H and O–H groups in total. The fourth-order valence-electron chi connectivity index (χ4n) is 1.42. The van der Waals surface area contributed by atoms with Crippen molar-refractivity contribution in [2.45, 2.75) is 19.6 Å². The van der Waals surface area contributed by atoms with Crippen molar-refractivity contribution in [1.82, 2.24) is 10.6 Å². The lowest BCUT2D eigenvalue weighted by Gasteiger charge is -2.14. The van der Waals surface area contributed by atoms with Crippen LogP contribution in [0.15, 0.2) is 18.2 Å². The summed E-state index contributed by atoms with van der Waals surface area (Å²) in [5, 5.41) is 4.74. The summed E-state index contributed by atoms with van der Waals surface area (Å²) in [5.74, 6) is -1.37. The van der Waals surface area contributed by atoms with Gasteiger partial charge in [0.1, 0.15) is 0 Å². The van der Waals surface area contributed by atoms with Gasteiger partial charge in [-0.1, -0.05) is 6.07 Å². The van der Waals surface area contributed by atoms with E-state index in [0.29, 0.717) is 6.54 Å². The average Bonchev–Trinajstić information content (AvgIpc) is 2.32. The molecule has 1 unspecified atom stereocenters. The zero-order chi connectivity index (χ0) is 14.4. The molecule has 0 aliphatic carbocycles. The topological polar surface area (TPSA) is 93.4 Å². The van der Waals surface area contributed by atoms with Crippen LogP contribution in [0.4, 0.5) is 9.18 Å². The van der Waals surface area contributed by atoms with Gasteiger partial charge >= 0.3 is 6.03 Å². The summed E-state index contributed by atoms with van der Waals surface area (Å²) < 4.78 is 18.8. The number of hydrogen-bond donors (Lipinski definition) is 3. The fraction of sp³-hybridized carbons (Fsp3) is 0.333. The first kappa shape index (κ1) is 14.9. The Morgan fingerprint density at radius 2 is 2.16 bits per heavy atom. The molecule has 7 heteroatoms. The lowest BCUT2D eigenvalue weighted by atomic mass is 10.2. The molecule has 0 heterocycles. The minimum Gasteiger partial charge on any atom is -0.478 e. The zero-order valence-corrected chi connectivity index (χ0v) is 10.7. The van der Waals surface area contributed by atoms with E-state index in [1.165, 1.54) is 19.1 Å². The van der Waals surface area contributed by atoms with Crippen LogP contribution in [0.2, 0.25) is 0 Å². The van der Waals surface area contributed by atoms with Gasteiger partial charge in [0, 0.05) is 6.54 Å². The molecular formula is C12H16FN3O3. The van der Waals surface area contributed by atoms with Gasteiger partial charge < -0.3 is 15.8 Å². The SMILES string of the molecule is CNCc1ccc(OC(C)C(=O)NC(N)=O)c(F)c1. The van der Waals surface area contributed by atoms with E-state index < -0.39 is 23.9 Å². The number of carbonyl (C=O) groups excluding carboxylic acids is 2. The molecule has 1 aromatic carbocycles. The molecule has 6 nitrogen and oxygen atoms in total. The summed E-state index contributed by atoms with van der Waals surface area (Å²) in [7, 11) is 1.75. The van der Waals surface area contributed by atoms with Crippen LogP contribution in [0.3, 0.4) is 0 Å². The summed E-state index contributed by atoms with van der Waals surface area (Å²) in [6.07, 6.45) is -1.03. The van der Waals surface area contributed by atoms with Crippen molar-refractivity contribution >= 4 is 11.9 Å². The van der Waals surface area contributed by atoms with Crippen LogP contribution >= 0.6 is 0 Å². The second-order valence-electron chi connectivity index (χ2n) is 3.91. The van der Waals surface area contributed by atoms with Gasteiger partial charge in [0.25, 0.3) is 5.91 Å². The number of imide groups is 1. The molecule has 1 aromatic rings. The number of rotatable bonds is 5. The first-order valence-corrected chi connectivity index (χ1v) is 5.64. The summed E-state index contributed by atoms with van der Waals surface area (Å²) in [5.41, 5.74) is 5.55. The van der Waals surface area contributed by atoms with E-state index in [1.54, 1.807) is 13.1 Å². The maximum Gasteiger partial charge on any atom is 0.318 e. The highest BCUT2D eigenvalue weighted by molar-refractivity contribution is 5.95. The molecule has 0 aliphatic heterocycles. The highest BCUT2D eigenvalue weighted by Gasteiger charge is 2.17. The van der Waals surface area contributed by atoms with Crippen molar-refractivity contribution in [1.29, 1.82) is 0 Å². The predicted molar refractivity (Wildman–Crippen MR) is 67.0 cm³/mol. The van der Waals surface area contributed by atoms with E-state index in [4.69, 9.17) is 10.5 Å². The van der Waals surface area contributed by atoms with Gasteiger partial charge in [-0.3, -0.25) is 10.1 Å². The number of amides is 3. The number of nitrogens with one attached hydrogen (secondary N) is 2. The van der Waals surface area contributed by atoms with Crippen molar-refractivity contribution in [2.24, 2.45) is 5.73 Å². The molecule has 0 saturated heterocycles. The van der Waals surface area contributed by atoms with E-state index in [2.05, 4.69) is 5.32 Å². The van der Waals surface area contributed by atoms with Gasteiger partial charge in [0.05, 0.1) is 0 Å². The molecule has 0 saturated carbocycles. The number of urea groups is 1. The minimum atomic E-state index is -1.03. The highest BCUT2D eigenvalue weighted by Crippen LogP contribution is 2.19. The first-order chi connectivity index (χ1) is 8.93. The van der Waals surface area contributed by atoms with E-state index >= 15 is 0 Å². The van der Waals surface area contributed by atoms with Crippen molar-refractivity contribution in [3.63, 3.8) is 0 Å². The minimum absolute atomic E-state index is 0.0630. The van der Waals surface area contributed by atoms with Crippen molar-refractivity contribution in [3.8, 4) is 5.75 Å². The van der Waals surface area contributed by atoms with Crippen LogP contribution in [0, 0.1) is 5.82 Å². The van der Waals surface area contributed by atoms with E-state index in [1.807, 2.05) is 5.32 Å². The molecule has 3 amide bonds. The smallest absolute Gasteiger partial charge is 0.318 e. The molecule has 0 fully saturated rings. The summed E-state index contributed by atoms with van der Waals surface area (Å²) >= 11 is 0. The zero-order valence-electron chi connectivity index (χ0n) is 10.7. The summed E-state index contributed by atoms with van der Waals surface area (Å²) in [6, 6.07) is 3.43. The number of ether oxygens (including phenoxy) is 1. The van der Waals surface area contributed by atoms with Crippen LogP contribution in [-0.2, 0) is 11.3 Å². The third kappa shape index (κ3) is 4.55. The molecule has 0 bridgehead atoms. The Kier molecular flexibility index (Phi) is 5.25. The van der Waals surface area contributed by atoms with Gasteiger partial charge in [0.15, 0.2) is 17.7 Å². The van der Waals surface area contributed by atoms with Gasteiger partial charge in [-0.2, -0.15) is 0 Å². The van der Waals surface area contributed by atoms with Gasteiger partial charge in [-0.25, -0.2) is 9.18 Å². The Labute approximate surface area is 110 Å². The second-order valence-corrected chi connectivity index (χ2v) is 3.91. The lowest BCUT2D eigenvalue weighted by Crippen LogP contribution is -2.42. The molecular weight excluding hydrogens is 253 g/mol. The largest absolute Gasteiger partial charge is 0.478 e. The number of halogens is 1. The molecule has 19 heavy (non-hydrogen) atoms. The number of primary amides is 1. The van der Waals surface area contributed by atoms with Crippen molar-refractivity contribution in [3.05, 3.63) is 29.6 Å². The molecule has 1 rings (SSSR count). The van der Waals surface area contributed by atoms with E-state index in [0.717, 1.165) is 5.56 Å². The molecule has 0 radical (unpaired) electrons. The maximum atomic E-state index is 13.7. The molecule has 1 atom stereocenters. The Balaban J connectivity index is 2.71. The predicted octanol–water partition coefficient (Wildman–Crippen LogP) is 0.507. The van der Waals surface area contributed by atoms with Crippen molar-refractivity contribution < 1.29 is 18.7 Å². The summed E-state index contributed by atoms with van der Waals surface area (Å²) in [4.78, 5) is 21.9. The standard InChI is InChI=1S/C12H16FN3O3/c1-7(11(17)16-12(14)18)19-10-4-3-8(6-15-2)5-9(10)13/h3-5,7,15H,6H2,1-2H3,(H3,14,16,17,18). The molecule has 0 spiro atoms. The van der Waals surface area contributed by atoms with E-state index in [-0.39, 0.29) is 5.75 Å². The van der Waals surface area contributed by atoms with Crippen LogP contribution in [0.1, 0.15) is 12.5 Å². The van der Waals surface area contributed by atoms with Gasteiger partial charge in [-0.15, -0.1) is 0 Å². The third-order valence-electron chi connectivity index (χ3n) is 2.30. The van der Waals surface area contributed by atoms with Crippen LogP contribution in [0.5, 0.6) is 5.75 Å². The number of carbonyl (C=O) groups is 2. The number of hydrogen-bond acceptors (Lipinski definition) is 4. The quantitative estimate of drug-likeness (QED) is 0.726. The van der Waals surface area contributed by atoms with Crippen LogP contribution < -0.4 is 21.1 Å².